The van der Waals surface area contributed by atoms with Crippen molar-refractivity contribution in [1.82, 2.24) is 10.4 Å². The van der Waals surface area contributed by atoms with E-state index >= 15 is 0 Å². The zero-order chi connectivity index (χ0) is 16.9. The van der Waals surface area contributed by atoms with E-state index in [1.54, 1.807) is 6.20 Å². The first-order valence-electron chi connectivity index (χ1n) is 7.09. The van der Waals surface area contributed by atoms with Gasteiger partial charge in [0.25, 0.3) is 5.91 Å². The van der Waals surface area contributed by atoms with Crippen molar-refractivity contribution in [2.45, 2.75) is 0 Å². The van der Waals surface area contributed by atoms with Crippen molar-refractivity contribution in [1.29, 1.82) is 0 Å². The van der Waals surface area contributed by atoms with Crippen LogP contribution in [0.1, 0.15) is 5.69 Å². The summed E-state index contributed by atoms with van der Waals surface area (Å²) in [5.41, 5.74) is 3.22. The van der Waals surface area contributed by atoms with Crippen molar-refractivity contribution < 1.29 is 9.53 Å². The number of hydrogen-bond acceptors (Lipinski definition) is 3. The zero-order valence-electron chi connectivity index (χ0n) is 12.4. The Bertz CT molecular complexity index is 892. The quantitative estimate of drug-likeness (QED) is 0.451. The number of halogens is 2. The Labute approximate surface area is 155 Å². The molecule has 0 atom stereocenters. The number of hydrazone groups is 1. The molecule has 0 spiro atoms. The number of ether oxygens (including phenoxy) is 1. The van der Waals surface area contributed by atoms with Crippen LogP contribution in [0.25, 0.3) is 10.8 Å². The second-order valence-electron chi connectivity index (χ2n) is 4.95. The molecule has 5 nitrogen and oxygen atoms in total. The van der Waals surface area contributed by atoms with Gasteiger partial charge in [-0.2, -0.15) is 5.10 Å². The van der Waals surface area contributed by atoms with Gasteiger partial charge < -0.3 is 9.72 Å². The summed E-state index contributed by atoms with van der Waals surface area (Å²) in [5.74, 6) is 0.272. The Morgan fingerprint density at radius 1 is 1.25 bits per heavy atom. The highest BCUT2D eigenvalue weighted by Crippen LogP contribution is 2.34. The van der Waals surface area contributed by atoms with Crippen LogP contribution in [-0.4, -0.2) is 23.7 Å². The lowest BCUT2D eigenvalue weighted by Gasteiger charge is -2.10. The van der Waals surface area contributed by atoms with Gasteiger partial charge in [0, 0.05) is 10.7 Å². The largest absolute Gasteiger partial charge is 0.483 e. The average molecular weight is 451 g/mol. The van der Waals surface area contributed by atoms with Crippen LogP contribution in [-0.2, 0) is 4.79 Å². The van der Waals surface area contributed by atoms with Crippen molar-refractivity contribution in [3.63, 3.8) is 0 Å². The van der Waals surface area contributed by atoms with E-state index in [4.69, 9.17) is 4.74 Å². The zero-order valence-corrected chi connectivity index (χ0v) is 15.6. The number of nitrogens with one attached hydrogen (secondary N) is 2. The van der Waals surface area contributed by atoms with Gasteiger partial charge in [-0.1, -0.05) is 28.1 Å². The molecular weight excluding hydrogens is 438 g/mol. The molecular formula is C17H13Br2N3O2. The number of rotatable bonds is 5. The third-order valence-electron chi connectivity index (χ3n) is 3.25. The van der Waals surface area contributed by atoms with Crippen molar-refractivity contribution in [2.75, 3.05) is 6.61 Å². The molecule has 0 unspecified atom stereocenters. The molecule has 0 radical (unpaired) electrons. The molecule has 122 valence electrons. The smallest absolute Gasteiger partial charge is 0.277 e. The Balaban J connectivity index is 1.62. The van der Waals surface area contributed by atoms with Gasteiger partial charge in [-0.05, 0) is 57.0 Å². The molecule has 0 saturated heterocycles. The molecule has 3 aromatic rings. The molecule has 0 aliphatic rings. The van der Waals surface area contributed by atoms with Crippen molar-refractivity contribution in [2.24, 2.45) is 5.10 Å². The lowest BCUT2D eigenvalue weighted by molar-refractivity contribution is -0.123. The number of nitrogens with zero attached hydrogens (tertiary/aromatic N) is 1. The van der Waals surface area contributed by atoms with E-state index in [1.165, 1.54) is 6.21 Å². The van der Waals surface area contributed by atoms with Gasteiger partial charge in [0.1, 0.15) is 5.75 Å². The summed E-state index contributed by atoms with van der Waals surface area (Å²) in [5, 5.41) is 5.94. The van der Waals surface area contributed by atoms with E-state index in [0.29, 0.717) is 5.75 Å². The van der Waals surface area contributed by atoms with Gasteiger partial charge in [-0.25, -0.2) is 5.43 Å². The number of hydrogen-bond donors (Lipinski definition) is 2. The van der Waals surface area contributed by atoms with Crippen LogP contribution in [0.15, 0.2) is 62.7 Å². The van der Waals surface area contributed by atoms with Gasteiger partial charge in [-0.15, -0.1) is 0 Å². The van der Waals surface area contributed by atoms with Crippen LogP contribution in [0.5, 0.6) is 5.75 Å². The normalized spacial score (nSPS) is 11.1. The number of fused-ring (bicyclic) bond motifs is 1. The molecule has 3 rings (SSSR count). The second-order valence-corrected chi connectivity index (χ2v) is 6.66. The Morgan fingerprint density at radius 3 is 2.92 bits per heavy atom. The molecule has 7 heteroatoms. The minimum Gasteiger partial charge on any atom is -0.483 e. The molecule has 1 amide bonds. The average Bonchev–Trinajstić information content (AvgIpc) is 3.07. The van der Waals surface area contributed by atoms with E-state index in [1.807, 2.05) is 42.5 Å². The number of carbonyl (C=O) groups excluding carboxylic acids is 1. The maximum atomic E-state index is 11.8. The SMILES string of the molecule is O=C(COc1ccc2cc(Br)ccc2c1Br)NN=Cc1ccc[nH]1. The maximum Gasteiger partial charge on any atom is 0.277 e. The number of H-pyrrole nitrogens is 1. The molecule has 1 aromatic heterocycles. The second kappa shape index (κ2) is 7.63. The predicted octanol–water partition coefficient (Wildman–Crippen LogP) is 4.22. The summed E-state index contributed by atoms with van der Waals surface area (Å²) in [4.78, 5) is 14.7. The number of aromatic nitrogens is 1. The summed E-state index contributed by atoms with van der Waals surface area (Å²) >= 11 is 6.98. The van der Waals surface area contributed by atoms with Gasteiger partial charge in [0.2, 0.25) is 0 Å². The van der Waals surface area contributed by atoms with Crippen LogP contribution in [0.3, 0.4) is 0 Å². The first-order chi connectivity index (χ1) is 11.6. The summed E-state index contributed by atoms with van der Waals surface area (Å²) < 4.78 is 7.40. The highest BCUT2D eigenvalue weighted by Gasteiger charge is 2.08. The lowest BCUT2D eigenvalue weighted by atomic mass is 10.1. The molecule has 0 aliphatic carbocycles. The van der Waals surface area contributed by atoms with Gasteiger partial charge in [0.15, 0.2) is 6.61 Å². The summed E-state index contributed by atoms with van der Waals surface area (Å²) in [6.45, 7) is -0.122. The number of carbonyl (C=O) groups is 1. The highest BCUT2D eigenvalue weighted by molar-refractivity contribution is 9.11. The van der Waals surface area contributed by atoms with Crippen LogP contribution >= 0.6 is 31.9 Å². The molecule has 2 N–H and O–H groups in total. The minimum absolute atomic E-state index is 0.122. The fourth-order valence-corrected chi connectivity index (χ4v) is 3.11. The maximum absolute atomic E-state index is 11.8. The molecule has 0 aliphatic heterocycles. The summed E-state index contributed by atoms with van der Waals surface area (Å²) in [6.07, 6.45) is 3.31. The van der Waals surface area contributed by atoms with Crippen molar-refractivity contribution in [3.05, 3.63) is 63.3 Å². The van der Waals surface area contributed by atoms with Gasteiger partial charge in [-0.3, -0.25) is 4.79 Å². The van der Waals surface area contributed by atoms with Crippen LogP contribution in [0.2, 0.25) is 0 Å². The lowest BCUT2D eigenvalue weighted by Crippen LogP contribution is -2.24. The number of benzene rings is 2. The van der Waals surface area contributed by atoms with E-state index < -0.39 is 0 Å². The molecule has 0 saturated carbocycles. The highest BCUT2D eigenvalue weighted by atomic mass is 79.9. The summed E-state index contributed by atoms with van der Waals surface area (Å²) in [6, 6.07) is 13.4. The first-order valence-corrected chi connectivity index (χ1v) is 8.68. The summed E-state index contributed by atoms with van der Waals surface area (Å²) in [7, 11) is 0. The van der Waals surface area contributed by atoms with E-state index in [9.17, 15) is 4.79 Å². The fraction of sp³-hybridized carbons (Fsp3) is 0.0588. The van der Waals surface area contributed by atoms with Crippen molar-refractivity contribution >= 4 is 54.8 Å². The molecule has 2 aromatic carbocycles. The molecule has 24 heavy (non-hydrogen) atoms. The van der Waals surface area contributed by atoms with Crippen LogP contribution in [0, 0.1) is 0 Å². The van der Waals surface area contributed by atoms with Crippen LogP contribution in [0.4, 0.5) is 0 Å². The Hall–Kier alpha value is -2.12. The fourth-order valence-electron chi connectivity index (χ4n) is 2.13. The van der Waals surface area contributed by atoms with E-state index in [0.717, 1.165) is 25.4 Å². The predicted molar refractivity (Wildman–Crippen MR) is 101 cm³/mol. The molecule has 1 heterocycles. The van der Waals surface area contributed by atoms with E-state index in [2.05, 4.69) is 47.4 Å². The minimum atomic E-state index is -0.333. The standard InChI is InChI=1S/C17H13Br2N3O2/c18-12-4-5-14-11(8-12)3-6-15(17(14)19)24-10-16(23)22-21-9-13-2-1-7-20-13/h1-9,20H,10H2,(H,22,23). The van der Waals surface area contributed by atoms with Gasteiger partial charge in [0.05, 0.1) is 16.4 Å². The number of amides is 1. The molecule has 0 bridgehead atoms. The third-order valence-corrected chi connectivity index (χ3v) is 4.57. The monoisotopic (exact) mass is 449 g/mol. The third kappa shape index (κ3) is 4.04. The Morgan fingerprint density at radius 2 is 2.12 bits per heavy atom. The Kier molecular flexibility index (Phi) is 5.32. The van der Waals surface area contributed by atoms with Gasteiger partial charge >= 0.3 is 0 Å². The van der Waals surface area contributed by atoms with Crippen molar-refractivity contribution in [3.8, 4) is 5.75 Å². The topological polar surface area (TPSA) is 66.5 Å². The molecule has 0 fully saturated rings. The first kappa shape index (κ1) is 16.7. The number of aromatic amines is 1. The van der Waals surface area contributed by atoms with E-state index in [-0.39, 0.29) is 12.5 Å². The van der Waals surface area contributed by atoms with Crippen LogP contribution < -0.4 is 10.2 Å².